The molecule has 1 N–H and O–H groups in total. The minimum atomic E-state index is -5.94. The topological polar surface area (TPSA) is 65.9 Å². The number of aromatic nitrogens is 1. The first-order valence-corrected chi connectivity index (χ1v) is 13.3. The second-order valence-corrected chi connectivity index (χ2v) is 10.5. The highest BCUT2D eigenvalue weighted by atomic mass is 19.4. The molecule has 1 aliphatic rings. The van der Waals surface area contributed by atoms with Crippen molar-refractivity contribution >= 4 is 5.97 Å². The number of rotatable bonds is 8. The number of hydrogen-bond donors (Lipinski definition) is 1. The Morgan fingerprint density at radius 2 is 1.38 bits per heavy atom. The first kappa shape index (κ1) is 31.5. The second-order valence-electron chi connectivity index (χ2n) is 10.5. The zero-order chi connectivity index (χ0) is 30.7. The van der Waals surface area contributed by atoms with Crippen LogP contribution in [0, 0.1) is 0 Å². The number of benzene rings is 2. The van der Waals surface area contributed by atoms with Crippen LogP contribution in [0.5, 0.6) is 0 Å². The van der Waals surface area contributed by atoms with Gasteiger partial charge in [-0.25, -0.2) is 0 Å². The van der Waals surface area contributed by atoms with Gasteiger partial charge in [-0.2, -0.15) is 26.3 Å². The second kappa shape index (κ2) is 12.4. The molecule has 3 aromatic rings. The van der Waals surface area contributed by atoms with Crippen LogP contribution in [0.3, 0.4) is 0 Å². The molecule has 1 unspecified atom stereocenters. The van der Waals surface area contributed by atoms with Gasteiger partial charge < -0.3 is 9.84 Å². The first-order chi connectivity index (χ1) is 19.7. The summed E-state index contributed by atoms with van der Waals surface area (Å²) in [6.07, 6.45) is -8.73. The van der Waals surface area contributed by atoms with Gasteiger partial charge in [0.25, 0.3) is 5.60 Å². The van der Waals surface area contributed by atoms with Gasteiger partial charge in [-0.1, -0.05) is 48.5 Å². The highest BCUT2D eigenvalue weighted by Gasteiger charge is 2.71. The van der Waals surface area contributed by atoms with Gasteiger partial charge in [0.05, 0.1) is 6.10 Å². The van der Waals surface area contributed by atoms with E-state index in [0.29, 0.717) is 56.0 Å². The lowest BCUT2D eigenvalue weighted by Crippen LogP contribution is -2.56. The van der Waals surface area contributed by atoms with Crippen molar-refractivity contribution in [3.05, 3.63) is 89.7 Å². The van der Waals surface area contributed by atoms with E-state index in [9.17, 15) is 36.2 Å². The number of esters is 1. The SMILES string of the molecule is CC(C)OC(=O)C1CN(Cc2ccc(-c3ccc(C(O)(C(F)(F)F)C(F)(F)F)cc3)cc2)CCN1Cc1ccncc1. The smallest absolute Gasteiger partial charge is 0.430 e. The van der Waals surface area contributed by atoms with Gasteiger partial charge in [0.1, 0.15) is 6.04 Å². The number of carbonyl (C=O) groups excluding carboxylic acids is 1. The van der Waals surface area contributed by atoms with E-state index in [-0.39, 0.29) is 12.1 Å². The van der Waals surface area contributed by atoms with Gasteiger partial charge in [-0.15, -0.1) is 0 Å². The van der Waals surface area contributed by atoms with Crippen LogP contribution in [0.15, 0.2) is 73.1 Å². The molecule has 0 aliphatic carbocycles. The summed E-state index contributed by atoms with van der Waals surface area (Å²) < 4.78 is 84.6. The monoisotopic (exact) mass is 595 g/mol. The number of nitrogens with zero attached hydrogens (tertiary/aromatic N) is 3. The molecule has 42 heavy (non-hydrogen) atoms. The molecule has 4 rings (SSSR count). The van der Waals surface area contributed by atoms with E-state index in [0.717, 1.165) is 23.3 Å². The van der Waals surface area contributed by atoms with Crippen LogP contribution in [0.2, 0.25) is 0 Å². The number of halogens is 6. The van der Waals surface area contributed by atoms with Crippen molar-refractivity contribution in [1.82, 2.24) is 14.8 Å². The highest BCUT2D eigenvalue weighted by Crippen LogP contribution is 2.50. The van der Waals surface area contributed by atoms with Gasteiger partial charge in [0, 0.05) is 50.7 Å². The summed E-state index contributed by atoms with van der Waals surface area (Å²) in [7, 11) is 0. The first-order valence-electron chi connectivity index (χ1n) is 13.3. The number of aliphatic hydroxyl groups is 1. The van der Waals surface area contributed by atoms with Gasteiger partial charge in [-0.05, 0) is 48.2 Å². The van der Waals surface area contributed by atoms with Crippen LogP contribution in [-0.4, -0.2) is 70.0 Å². The van der Waals surface area contributed by atoms with Gasteiger partial charge in [0.2, 0.25) is 0 Å². The van der Waals surface area contributed by atoms with Crippen LogP contribution in [-0.2, 0) is 28.2 Å². The maximum Gasteiger partial charge on any atom is 0.430 e. The molecule has 12 heteroatoms. The third-order valence-corrected chi connectivity index (χ3v) is 7.15. The summed E-state index contributed by atoms with van der Waals surface area (Å²) in [5.41, 5.74) is -3.36. The van der Waals surface area contributed by atoms with Gasteiger partial charge in [-0.3, -0.25) is 19.6 Å². The Morgan fingerprint density at radius 3 is 1.90 bits per heavy atom. The molecule has 6 nitrogen and oxygen atoms in total. The summed E-state index contributed by atoms with van der Waals surface area (Å²) in [6.45, 7) is 6.47. The highest BCUT2D eigenvalue weighted by molar-refractivity contribution is 5.76. The number of hydrogen-bond acceptors (Lipinski definition) is 6. The predicted octanol–water partition coefficient (Wildman–Crippen LogP) is 5.70. The number of pyridine rings is 1. The standard InChI is InChI=1S/C30H31F6N3O3/c1-20(2)42-27(40)26-19-38(15-16-39(26)18-22-11-13-37-14-12-22)17-21-3-5-23(6-4-21)24-7-9-25(10-8-24)28(41,29(31,32)33)30(34,35)36/h3-14,20,26,41H,15-19H2,1-2H3. The van der Waals surface area contributed by atoms with E-state index in [2.05, 4.69) is 14.8 Å². The molecule has 0 radical (unpaired) electrons. The van der Waals surface area contributed by atoms with Gasteiger partial charge >= 0.3 is 18.3 Å². The lowest BCUT2D eigenvalue weighted by molar-refractivity contribution is -0.376. The molecule has 1 aromatic heterocycles. The molecule has 0 spiro atoms. The maximum atomic E-state index is 13.2. The molecule has 2 heterocycles. The van der Waals surface area contributed by atoms with Crippen molar-refractivity contribution in [1.29, 1.82) is 0 Å². The summed E-state index contributed by atoms with van der Waals surface area (Å²) >= 11 is 0. The zero-order valence-corrected chi connectivity index (χ0v) is 23.0. The molecular weight excluding hydrogens is 564 g/mol. The summed E-state index contributed by atoms with van der Waals surface area (Å²) in [5, 5.41) is 9.61. The molecule has 226 valence electrons. The molecule has 0 bridgehead atoms. The summed E-state index contributed by atoms with van der Waals surface area (Å²) in [6, 6.07) is 13.9. The van der Waals surface area contributed by atoms with E-state index >= 15 is 0 Å². The van der Waals surface area contributed by atoms with Crippen LogP contribution in [0.25, 0.3) is 11.1 Å². The molecule has 1 saturated heterocycles. The van der Waals surface area contributed by atoms with Crippen LogP contribution < -0.4 is 0 Å². The van der Waals surface area contributed by atoms with E-state index < -0.39 is 29.6 Å². The fraction of sp³-hybridized carbons (Fsp3) is 0.400. The fourth-order valence-electron chi connectivity index (χ4n) is 4.92. The number of alkyl halides is 6. The Morgan fingerprint density at radius 1 is 0.857 bits per heavy atom. The minimum Gasteiger partial charge on any atom is -0.462 e. The third-order valence-electron chi connectivity index (χ3n) is 7.15. The zero-order valence-electron chi connectivity index (χ0n) is 23.0. The van der Waals surface area contributed by atoms with Crippen molar-refractivity contribution in [2.24, 2.45) is 0 Å². The van der Waals surface area contributed by atoms with Crippen molar-refractivity contribution in [3.8, 4) is 11.1 Å². The van der Waals surface area contributed by atoms with E-state index in [1.807, 2.05) is 24.3 Å². The Labute approximate surface area is 239 Å². The lowest BCUT2D eigenvalue weighted by Gasteiger charge is -2.40. The van der Waals surface area contributed by atoms with E-state index in [4.69, 9.17) is 4.74 Å². The average Bonchev–Trinajstić information content (AvgIpc) is 2.93. The van der Waals surface area contributed by atoms with Crippen LogP contribution in [0.4, 0.5) is 26.3 Å². The predicted molar refractivity (Wildman–Crippen MR) is 143 cm³/mol. The van der Waals surface area contributed by atoms with E-state index in [1.54, 1.807) is 38.4 Å². The number of ether oxygens (including phenoxy) is 1. The molecular formula is C30H31F6N3O3. The molecule has 1 aliphatic heterocycles. The van der Waals surface area contributed by atoms with Gasteiger partial charge in [0.15, 0.2) is 0 Å². The average molecular weight is 596 g/mol. The number of piperazine rings is 1. The Bertz CT molecular complexity index is 1320. The van der Waals surface area contributed by atoms with Crippen LogP contribution >= 0.6 is 0 Å². The van der Waals surface area contributed by atoms with Crippen molar-refractivity contribution < 1.29 is 41.0 Å². The number of carbonyl (C=O) groups is 1. The Balaban J connectivity index is 1.45. The molecule has 0 amide bonds. The quantitative estimate of drug-likeness (QED) is 0.266. The van der Waals surface area contributed by atoms with Crippen molar-refractivity contribution in [2.75, 3.05) is 19.6 Å². The van der Waals surface area contributed by atoms with E-state index in [1.165, 1.54) is 0 Å². The molecule has 1 fully saturated rings. The van der Waals surface area contributed by atoms with Crippen molar-refractivity contribution in [3.63, 3.8) is 0 Å². The molecule has 0 saturated carbocycles. The molecule has 1 atom stereocenters. The summed E-state index contributed by atoms with van der Waals surface area (Å²) in [5.74, 6) is -0.300. The maximum absolute atomic E-state index is 13.2. The normalized spacial score (nSPS) is 17.4. The molecule has 2 aromatic carbocycles. The third kappa shape index (κ3) is 6.93. The summed E-state index contributed by atoms with van der Waals surface area (Å²) in [4.78, 5) is 21.2. The Hall–Kier alpha value is -3.48. The van der Waals surface area contributed by atoms with Crippen molar-refractivity contribution in [2.45, 2.75) is 57.0 Å². The fourth-order valence-corrected chi connectivity index (χ4v) is 4.92. The lowest BCUT2D eigenvalue weighted by atomic mass is 9.90. The largest absolute Gasteiger partial charge is 0.462 e. The Kier molecular flexibility index (Phi) is 9.29. The minimum absolute atomic E-state index is 0.256. The van der Waals surface area contributed by atoms with Crippen LogP contribution in [0.1, 0.15) is 30.5 Å².